The summed E-state index contributed by atoms with van der Waals surface area (Å²) in [5.74, 6) is 0.580. The van der Waals surface area contributed by atoms with Crippen molar-refractivity contribution in [3.05, 3.63) is 54.5 Å². The Bertz CT molecular complexity index is 1440. The lowest BCUT2D eigenvalue weighted by molar-refractivity contribution is -0.226. The summed E-state index contributed by atoms with van der Waals surface area (Å²) in [5.41, 5.74) is 3.99. The molecule has 0 radical (unpaired) electrons. The predicted octanol–water partition coefficient (Wildman–Crippen LogP) is 4.18. The number of pyridine rings is 2. The fourth-order valence-electron chi connectivity index (χ4n) is 6.33. The van der Waals surface area contributed by atoms with Crippen LogP contribution in [0, 0.1) is 5.41 Å². The van der Waals surface area contributed by atoms with E-state index < -0.39 is 11.8 Å². The molecule has 2 atom stereocenters. The molecular formula is C27H30F2N8. The zero-order chi connectivity index (χ0) is 25.2. The molecule has 192 valence electrons. The molecule has 2 N–H and O–H groups in total. The minimum Gasteiger partial charge on any atom is -0.367 e. The fraction of sp³-hybridized carbons (Fsp3) is 0.481. The van der Waals surface area contributed by atoms with Gasteiger partial charge in [0.1, 0.15) is 18.2 Å². The molecular weight excluding hydrogens is 474 g/mol. The van der Waals surface area contributed by atoms with Gasteiger partial charge in [-0.25, -0.2) is 18.4 Å². The molecule has 1 aliphatic heterocycles. The van der Waals surface area contributed by atoms with Gasteiger partial charge >= 0.3 is 0 Å². The van der Waals surface area contributed by atoms with Crippen molar-refractivity contribution in [3.63, 3.8) is 0 Å². The summed E-state index contributed by atoms with van der Waals surface area (Å²) in [4.78, 5) is 18.9. The highest BCUT2D eigenvalue weighted by atomic mass is 19.1. The van der Waals surface area contributed by atoms with Crippen molar-refractivity contribution in [2.24, 2.45) is 5.41 Å². The number of anilines is 1. The summed E-state index contributed by atoms with van der Waals surface area (Å²) in [6, 6.07) is 6.43. The van der Waals surface area contributed by atoms with E-state index in [1.807, 2.05) is 23.2 Å². The Morgan fingerprint density at radius 3 is 2.81 bits per heavy atom. The first-order valence-corrected chi connectivity index (χ1v) is 13.0. The van der Waals surface area contributed by atoms with Gasteiger partial charge in [-0.1, -0.05) is 0 Å². The molecule has 0 amide bonds. The molecule has 3 aliphatic carbocycles. The molecule has 5 heterocycles. The van der Waals surface area contributed by atoms with Gasteiger partial charge < -0.3 is 15.2 Å². The number of aromatic amines is 1. The van der Waals surface area contributed by atoms with Crippen LogP contribution in [0.25, 0.3) is 22.3 Å². The van der Waals surface area contributed by atoms with Crippen LogP contribution in [0.5, 0.6) is 0 Å². The number of hydrogen-bond donors (Lipinski definition) is 2. The number of alkyl halides is 2. The lowest BCUT2D eigenvalue weighted by Crippen LogP contribution is -2.70. The number of aromatic nitrogens is 6. The van der Waals surface area contributed by atoms with E-state index in [0.29, 0.717) is 57.2 Å². The van der Waals surface area contributed by atoms with E-state index in [4.69, 9.17) is 0 Å². The Balaban J connectivity index is 1.01. The Hall–Kier alpha value is -3.40. The van der Waals surface area contributed by atoms with Crippen LogP contribution in [0.15, 0.2) is 43.1 Å². The molecule has 0 aromatic carbocycles. The summed E-state index contributed by atoms with van der Waals surface area (Å²) in [7, 11) is 0. The van der Waals surface area contributed by atoms with Crippen LogP contribution in [-0.4, -0.2) is 60.7 Å². The topological polar surface area (TPSA) is 87.6 Å². The van der Waals surface area contributed by atoms with E-state index in [0.717, 1.165) is 40.1 Å². The van der Waals surface area contributed by atoms with Crippen LogP contribution in [0.2, 0.25) is 0 Å². The van der Waals surface area contributed by atoms with Gasteiger partial charge in [0, 0.05) is 60.2 Å². The van der Waals surface area contributed by atoms with Crippen molar-refractivity contribution in [2.75, 3.05) is 18.0 Å². The maximum absolute atomic E-state index is 13.9. The summed E-state index contributed by atoms with van der Waals surface area (Å²) in [6.07, 6.45) is 8.94. The first-order valence-electron chi connectivity index (χ1n) is 13.0. The van der Waals surface area contributed by atoms with Crippen molar-refractivity contribution in [3.8, 4) is 11.4 Å². The third-order valence-corrected chi connectivity index (χ3v) is 8.48. The van der Waals surface area contributed by atoms with Crippen molar-refractivity contribution in [1.82, 2.24) is 35.0 Å². The quantitative estimate of drug-likeness (QED) is 0.374. The Kier molecular flexibility index (Phi) is 5.11. The van der Waals surface area contributed by atoms with Crippen LogP contribution in [-0.2, 0) is 13.1 Å². The molecule has 1 saturated heterocycles. The average Bonchev–Trinajstić information content (AvgIpc) is 3.59. The lowest BCUT2D eigenvalue weighted by atomic mass is 9.40. The highest BCUT2D eigenvalue weighted by Crippen LogP contribution is 2.70. The van der Waals surface area contributed by atoms with Crippen LogP contribution in [0.1, 0.15) is 44.0 Å². The Labute approximate surface area is 213 Å². The summed E-state index contributed by atoms with van der Waals surface area (Å²) < 4.78 is 29.3. The van der Waals surface area contributed by atoms with Gasteiger partial charge in [0.15, 0.2) is 5.82 Å². The van der Waals surface area contributed by atoms with Crippen molar-refractivity contribution in [1.29, 1.82) is 0 Å². The molecule has 0 spiro atoms. The maximum Gasteiger partial charge on any atom is 0.182 e. The third-order valence-electron chi connectivity index (χ3n) is 8.48. The number of H-pyrrole nitrogens is 1. The normalized spacial score (nSPS) is 27.3. The van der Waals surface area contributed by atoms with Gasteiger partial charge in [-0.15, -0.1) is 0 Å². The number of halogens is 2. The molecule has 4 aromatic heterocycles. The number of nitrogens with zero attached hydrogens (tertiary/aromatic N) is 6. The molecule has 8 rings (SSSR count). The number of nitrogens with one attached hydrogen (secondary N) is 2. The second-order valence-electron chi connectivity index (χ2n) is 11.2. The van der Waals surface area contributed by atoms with E-state index in [9.17, 15) is 8.78 Å². The zero-order valence-corrected chi connectivity index (χ0v) is 20.8. The average molecular weight is 505 g/mol. The molecule has 1 unspecified atom stereocenters. The molecule has 37 heavy (non-hydrogen) atoms. The van der Waals surface area contributed by atoms with Gasteiger partial charge in [0.05, 0.1) is 24.1 Å². The Morgan fingerprint density at radius 2 is 2.03 bits per heavy atom. The van der Waals surface area contributed by atoms with Crippen LogP contribution >= 0.6 is 0 Å². The van der Waals surface area contributed by atoms with Gasteiger partial charge in [0.25, 0.3) is 0 Å². The second-order valence-corrected chi connectivity index (χ2v) is 11.2. The number of hydrogen-bond acceptors (Lipinski definition) is 6. The summed E-state index contributed by atoms with van der Waals surface area (Å²) >= 11 is 0. The first kappa shape index (κ1) is 22.8. The monoisotopic (exact) mass is 504 g/mol. The summed E-state index contributed by atoms with van der Waals surface area (Å²) in [5, 5.41) is 9.27. The van der Waals surface area contributed by atoms with E-state index in [-0.39, 0.29) is 5.41 Å². The minimum atomic E-state index is -0.862. The number of fused-ring (bicyclic) bond motifs is 1. The van der Waals surface area contributed by atoms with Crippen LogP contribution in [0.4, 0.5) is 14.5 Å². The maximum atomic E-state index is 13.9. The van der Waals surface area contributed by atoms with Crippen molar-refractivity contribution < 1.29 is 8.78 Å². The minimum absolute atomic E-state index is 0.162. The van der Waals surface area contributed by atoms with E-state index in [1.54, 1.807) is 23.4 Å². The predicted molar refractivity (Wildman–Crippen MR) is 137 cm³/mol. The molecule has 8 nitrogen and oxygen atoms in total. The van der Waals surface area contributed by atoms with Crippen LogP contribution < -0.4 is 10.2 Å². The molecule has 10 heteroatoms. The first-order chi connectivity index (χ1) is 17.9. The molecule has 4 fully saturated rings. The van der Waals surface area contributed by atoms with E-state index >= 15 is 0 Å². The van der Waals surface area contributed by atoms with Gasteiger partial charge in [-0.3, -0.25) is 9.97 Å². The van der Waals surface area contributed by atoms with Gasteiger partial charge in [-0.2, -0.15) is 5.10 Å². The standard InChI is InChI=1S/C27H30F2N8/c1-17(26-13-27(29,14-26)15-26)31-9-21-4-18-8-32-22(6-24(18)34-21)12-37-16-33-25(35-37)19-5-23(10-30-7-19)36-3-2-20(28)11-36/h4-8,10,16-17,20,31,34H,2-3,9,11-15H2,1H3/t17?,20-,26?,27?/m1/s1. The van der Waals surface area contributed by atoms with Crippen molar-refractivity contribution in [2.45, 2.75) is 63.6 Å². The highest BCUT2D eigenvalue weighted by Gasteiger charge is 2.70. The van der Waals surface area contributed by atoms with Gasteiger partial charge in [0.2, 0.25) is 0 Å². The van der Waals surface area contributed by atoms with Gasteiger partial charge in [-0.05, 0) is 56.2 Å². The fourth-order valence-corrected chi connectivity index (χ4v) is 6.33. The number of rotatable bonds is 8. The largest absolute Gasteiger partial charge is 0.367 e. The summed E-state index contributed by atoms with van der Waals surface area (Å²) in [6.45, 7) is 4.47. The molecule has 4 aromatic rings. The van der Waals surface area contributed by atoms with Crippen molar-refractivity contribution >= 4 is 16.6 Å². The zero-order valence-electron chi connectivity index (χ0n) is 20.8. The van der Waals surface area contributed by atoms with E-state index in [2.05, 4.69) is 43.3 Å². The lowest BCUT2D eigenvalue weighted by Gasteiger charge is -2.68. The molecule has 4 aliphatic rings. The SMILES string of the molecule is CC(NCc1cc2cnc(Cn3cnc(-c4cncc(N5CC[C@@H](F)C5)c4)n3)cc2[nH]1)C12CC(F)(C1)C2. The molecule has 3 saturated carbocycles. The van der Waals surface area contributed by atoms with Crippen LogP contribution in [0.3, 0.4) is 0 Å². The second kappa shape index (κ2) is 8.31. The highest BCUT2D eigenvalue weighted by molar-refractivity contribution is 5.79. The smallest absolute Gasteiger partial charge is 0.182 e. The third kappa shape index (κ3) is 4.07. The van der Waals surface area contributed by atoms with E-state index in [1.165, 1.54) is 0 Å². The molecule has 2 bridgehead atoms. The Morgan fingerprint density at radius 1 is 1.16 bits per heavy atom.